The highest BCUT2D eigenvalue weighted by Crippen LogP contribution is 2.14. The molecule has 2 rings (SSSR count). The van der Waals surface area contributed by atoms with Gasteiger partial charge in [-0.25, -0.2) is 14.6 Å². The molecule has 1 heterocycles. The third kappa shape index (κ3) is 3.79. The van der Waals surface area contributed by atoms with Crippen molar-refractivity contribution >= 4 is 29.0 Å². The molecule has 0 atom stereocenters. The van der Waals surface area contributed by atoms with Crippen molar-refractivity contribution in [2.24, 2.45) is 0 Å². The number of hydrogen-bond acceptors (Lipinski definition) is 4. The quantitative estimate of drug-likeness (QED) is 0.909. The molecule has 1 aromatic carbocycles. The van der Waals surface area contributed by atoms with Crippen molar-refractivity contribution in [3.63, 3.8) is 0 Å². The van der Waals surface area contributed by atoms with Gasteiger partial charge < -0.3 is 10.4 Å². The van der Waals surface area contributed by atoms with Crippen LogP contribution in [0.1, 0.15) is 21.1 Å². The maximum atomic E-state index is 12.0. The van der Waals surface area contributed by atoms with Gasteiger partial charge in [-0.1, -0.05) is 17.7 Å². The number of amides is 2. The zero-order valence-corrected chi connectivity index (χ0v) is 12.5. The summed E-state index contributed by atoms with van der Waals surface area (Å²) in [4.78, 5) is 28.1. The van der Waals surface area contributed by atoms with E-state index in [0.717, 1.165) is 11.3 Å². The second kappa shape index (κ2) is 6.36. The highest BCUT2D eigenvalue weighted by molar-refractivity contribution is 7.09. The Bertz CT molecular complexity index is 652. The second-order valence-electron chi connectivity index (χ2n) is 4.48. The number of aryl methyl sites for hydroxylation is 1. The number of carbonyl (C=O) groups excluding carboxylic acids is 1. The number of urea groups is 1. The zero-order chi connectivity index (χ0) is 15.4. The molecule has 0 radical (unpaired) electrons. The number of hydrogen-bond donors (Lipinski definition) is 2. The number of nitrogens with zero attached hydrogens (tertiary/aromatic N) is 2. The standard InChI is InChI=1S/C14H15N3O3S/c1-9-3-5-10(6-4-9)17(2)14(20)15-7-12-16-11(8-21-12)13(18)19/h3-6,8H,7H2,1-2H3,(H,15,20)(H,18,19). The van der Waals surface area contributed by atoms with Gasteiger partial charge in [0.25, 0.3) is 0 Å². The number of carboxylic acids is 1. The molecule has 0 saturated heterocycles. The lowest BCUT2D eigenvalue weighted by Gasteiger charge is -2.17. The highest BCUT2D eigenvalue weighted by Gasteiger charge is 2.12. The number of anilines is 1. The molecule has 0 saturated carbocycles. The zero-order valence-electron chi connectivity index (χ0n) is 11.7. The van der Waals surface area contributed by atoms with E-state index in [1.54, 1.807) is 7.05 Å². The number of aromatic carboxylic acids is 1. The molecule has 0 bridgehead atoms. The number of carbonyl (C=O) groups is 2. The lowest BCUT2D eigenvalue weighted by Crippen LogP contribution is -2.36. The van der Waals surface area contributed by atoms with E-state index in [0.29, 0.717) is 5.01 Å². The molecular weight excluding hydrogens is 290 g/mol. The predicted octanol–water partition coefficient (Wildman–Crippen LogP) is 2.50. The Hall–Kier alpha value is -2.41. The lowest BCUT2D eigenvalue weighted by molar-refractivity contribution is 0.0691. The third-order valence-corrected chi connectivity index (χ3v) is 3.74. The molecule has 0 unspecified atom stereocenters. The summed E-state index contributed by atoms with van der Waals surface area (Å²) >= 11 is 1.20. The van der Waals surface area contributed by atoms with Crippen LogP contribution in [0.15, 0.2) is 29.6 Å². The van der Waals surface area contributed by atoms with Crippen LogP contribution in [-0.2, 0) is 6.54 Å². The Morgan fingerprint density at radius 2 is 2.00 bits per heavy atom. The van der Waals surface area contributed by atoms with E-state index in [1.165, 1.54) is 21.6 Å². The van der Waals surface area contributed by atoms with Crippen LogP contribution in [-0.4, -0.2) is 29.1 Å². The third-order valence-electron chi connectivity index (χ3n) is 2.89. The summed E-state index contributed by atoms with van der Waals surface area (Å²) in [5.41, 5.74) is 1.90. The summed E-state index contributed by atoms with van der Waals surface area (Å²) in [6, 6.07) is 7.31. The van der Waals surface area contributed by atoms with Crippen molar-refractivity contribution in [1.29, 1.82) is 0 Å². The minimum Gasteiger partial charge on any atom is -0.476 e. The minimum absolute atomic E-state index is 0.00358. The Balaban J connectivity index is 1.94. The molecule has 6 nitrogen and oxygen atoms in total. The molecule has 2 aromatic rings. The molecule has 2 amide bonds. The van der Waals surface area contributed by atoms with E-state index in [-0.39, 0.29) is 18.3 Å². The SMILES string of the molecule is Cc1ccc(N(C)C(=O)NCc2nc(C(=O)O)cs2)cc1. The van der Waals surface area contributed by atoms with E-state index in [2.05, 4.69) is 10.3 Å². The molecule has 21 heavy (non-hydrogen) atoms. The van der Waals surface area contributed by atoms with Crippen LogP contribution in [0.4, 0.5) is 10.5 Å². The van der Waals surface area contributed by atoms with Crippen molar-refractivity contribution in [2.45, 2.75) is 13.5 Å². The fourth-order valence-electron chi connectivity index (χ4n) is 1.65. The summed E-state index contributed by atoms with van der Waals surface area (Å²) in [5, 5.41) is 13.5. The van der Waals surface area contributed by atoms with Crippen LogP contribution in [0.5, 0.6) is 0 Å². The van der Waals surface area contributed by atoms with E-state index in [4.69, 9.17) is 5.11 Å². The fourth-order valence-corrected chi connectivity index (χ4v) is 2.35. The minimum atomic E-state index is -1.07. The van der Waals surface area contributed by atoms with Crippen molar-refractivity contribution in [3.05, 3.63) is 45.9 Å². The molecule has 0 aliphatic rings. The molecule has 110 valence electrons. The predicted molar refractivity (Wildman–Crippen MR) is 80.9 cm³/mol. The summed E-state index contributed by atoms with van der Waals surface area (Å²) in [6.07, 6.45) is 0. The van der Waals surface area contributed by atoms with Gasteiger partial charge in [0, 0.05) is 18.1 Å². The Kier molecular flexibility index (Phi) is 4.54. The van der Waals surface area contributed by atoms with Crippen molar-refractivity contribution in [2.75, 3.05) is 11.9 Å². The average molecular weight is 305 g/mol. The van der Waals surface area contributed by atoms with Gasteiger partial charge >= 0.3 is 12.0 Å². The monoisotopic (exact) mass is 305 g/mol. The van der Waals surface area contributed by atoms with Gasteiger partial charge in [0.05, 0.1) is 6.54 Å². The highest BCUT2D eigenvalue weighted by atomic mass is 32.1. The first-order valence-electron chi connectivity index (χ1n) is 6.23. The van der Waals surface area contributed by atoms with Gasteiger partial charge in [0.1, 0.15) is 5.01 Å². The maximum absolute atomic E-state index is 12.0. The van der Waals surface area contributed by atoms with Gasteiger partial charge in [0.15, 0.2) is 5.69 Å². The number of rotatable bonds is 4. The number of nitrogens with one attached hydrogen (secondary N) is 1. The van der Waals surface area contributed by atoms with E-state index < -0.39 is 5.97 Å². The van der Waals surface area contributed by atoms with Gasteiger partial charge in [-0.3, -0.25) is 4.90 Å². The average Bonchev–Trinajstić information content (AvgIpc) is 2.94. The maximum Gasteiger partial charge on any atom is 0.355 e. The first-order valence-corrected chi connectivity index (χ1v) is 7.11. The lowest BCUT2D eigenvalue weighted by atomic mass is 10.2. The molecule has 7 heteroatoms. The molecule has 0 spiro atoms. The van der Waals surface area contributed by atoms with Crippen molar-refractivity contribution < 1.29 is 14.7 Å². The first kappa shape index (κ1) is 15.0. The van der Waals surface area contributed by atoms with Crippen LogP contribution < -0.4 is 10.2 Å². The van der Waals surface area contributed by atoms with Crippen molar-refractivity contribution in [3.8, 4) is 0 Å². The molecule has 0 aliphatic carbocycles. The molecule has 0 fully saturated rings. The molecule has 2 N–H and O–H groups in total. The van der Waals surface area contributed by atoms with Crippen LogP contribution in [0.2, 0.25) is 0 Å². The van der Waals surface area contributed by atoms with E-state index in [1.807, 2.05) is 31.2 Å². The largest absolute Gasteiger partial charge is 0.476 e. The molecule has 1 aromatic heterocycles. The van der Waals surface area contributed by atoms with Gasteiger partial charge in [-0.15, -0.1) is 11.3 Å². The Labute approximate surface area is 126 Å². The van der Waals surface area contributed by atoms with Gasteiger partial charge in [0.2, 0.25) is 0 Å². The number of aromatic nitrogens is 1. The smallest absolute Gasteiger partial charge is 0.355 e. The number of carboxylic acid groups (broad SMARTS) is 1. The van der Waals surface area contributed by atoms with Crippen LogP contribution in [0.25, 0.3) is 0 Å². The fraction of sp³-hybridized carbons (Fsp3) is 0.214. The van der Waals surface area contributed by atoms with Crippen LogP contribution in [0, 0.1) is 6.92 Å². The number of benzene rings is 1. The van der Waals surface area contributed by atoms with E-state index in [9.17, 15) is 9.59 Å². The number of thiazole rings is 1. The van der Waals surface area contributed by atoms with Crippen LogP contribution >= 0.6 is 11.3 Å². The van der Waals surface area contributed by atoms with Gasteiger partial charge in [-0.05, 0) is 19.1 Å². The summed E-state index contributed by atoms with van der Waals surface area (Å²) in [7, 11) is 1.67. The second-order valence-corrected chi connectivity index (χ2v) is 5.43. The summed E-state index contributed by atoms with van der Waals surface area (Å²) in [6.45, 7) is 2.18. The van der Waals surface area contributed by atoms with Crippen LogP contribution in [0.3, 0.4) is 0 Å². The molecule has 0 aliphatic heterocycles. The summed E-state index contributed by atoms with van der Waals surface area (Å²) < 4.78 is 0. The first-order chi connectivity index (χ1) is 9.97. The molecular formula is C14H15N3O3S. The normalized spacial score (nSPS) is 10.2. The topological polar surface area (TPSA) is 82.5 Å². The summed E-state index contributed by atoms with van der Waals surface area (Å²) in [5.74, 6) is -1.07. The Morgan fingerprint density at radius 3 is 2.57 bits per heavy atom. The van der Waals surface area contributed by atoms with Gasteiger partial charge in [-0.2, -0.15) is 0 Å². The van der Waals surface area contributed by atoms with Crippen molar-refractivity contribution in [1.82, 2.24) is 10.3 Å². The van der Waals surface area contributed by atoms with E-state index >= 15 is 0 Å². The Morgan fingerprint density at radius 1 is 1.33 bits per heavy atom.